The van der Waals surface area contributed by atoms with Crippen LogP contribution in [0.4, 0.5) is 0 Å². The maximum absolute atomic E-state index is 6.17. The lowest BCUT2D eigenvalue weighted by atomic mass is 9.82. The van der Waals surface area contributed by atoms with Crippen molar-refractivity contribution in [2.24, 2.45) is 11.1 Å². The lowest BCUT2D eigenvalue weighted by Gasteiger charge is -2.40. The van der Waals surface area contributed by atoms with Crippen molar-refractivity contribution in [1.82, 2.24) is 4.90 Å². The molecule has 2 nitrogen and oxygen atoms in total. The molecule has 2 N–H and O–H groups in total. The highest BCUT2D eigenvalue weighted by molar-refractivity contribution is 4.85. The molecule has 1 atom stereocenters. The second-order valence-corrected chi connectivity index (χ2v) is 5.95. The first-order valence-electron chi connectivity index (χ1n) is 5.86. The second-order valence-electron chi connectivity index (χ2n) is 5.95. The van der Waals surface area contributed by atoms with E-state index in [9.17, 15) is 0 Å². The summed E-state index contributed by atoms with van der Waals surface area (Å²) in [5.41, 5.74) is 6.72. The van der Waals surface area contributed by atoms with Gasteiger partial charge >= 0.3 is 0 Å². The van der Waals surface area contributed by atoms with Gasteiger partial charge in [-0.3, -0.25) is 0 Å². The summed E-state index contributed by atoms with van der Waals surface area (Å²) >= 11 is 0. The third-order valence-electron chi connectivity index (χ3n) is 3.60. The van der Waals surface area contributed by atoms with E-state index in [1.807, 2.05) is 0 Å². The maximum Gasteiger partial charge on any atom is 0.0252 e. The van der Waals surface area contributed by atoms with Gasteiger partial charge in [0.05, 0.1) is 0 Å². The summed E-state index contributed by atoms with van der Waals surface area (Å²) in [5.74, 6) is 0. The fourth-order valence-electron chi connectivity index (χ4n) is 1.94. The van der Waals surface area contributed by atoms with Crippen LogP contribution in [0.3, 0.4) is 0 Å². The summed E-state index contributed by atoms with van der Waals surface area (Å²) in [5, 5.41) is 0. The molecule has 0 aliphatic carbocycles. The molecule has 0 saturated carbocycles. The second kappa shape index (κ2) is 4.19. The van der Waals surface area contributed by atoms with Crippen LogP contribution in [0.25, 0.3) is 0 Å². The molecule has 0 amide bonds. The zero-order chi connectivity index (χ0) is 10.8. The number of hydrogen-bond acceptors (Lipinski definition) is 2. The molecule has 1 unspecified atom stereocenters. The van der Waals surface area contributed by atoms with Gasteiger partial charge < -0.3 is 10.6 Å². The third kappa shape index (κ3) is 3.58. The number of rotatable bonds is 3. The Morgan fingerprint density at radius 2 is 1.79 bits per heavy atom. The van der Waals surface area contributed by atoms with Gasteiger partial charge in [0.1, 0.15) is 0 Å². The Balaban J connectivity index is 2.36. The fourth-order valence-corrected chi connectivity index (χ4v) is 1.94. The van der Waals surface area contributed by atoms with Gasteiger partial charge in [-0.2, -0.15) is 0 Å². The van der Waals surface area contributed by atoms with Crippen LogP contribution in [0.15, 0.2) is 0 Å². The molecule has 84 valence electrons. The number of nitrogens with two attached hydrogens (primary N) is 1. The van der Waals surface area contributed by atoms with E-state index in [1.165, 1.54) is 25.9 Å². The molecule has 0 aromatic heterocycles. The van der Waals surface area contributed by atoms with Gasteiger partial charge in [-0.1, -0.05) is 20.8 Å². The molecular formula is C12H26N2. The molecule has 14 heavy (non-hydrogen) atoms. The lowest BCUT2D eigenvalue weighted by molar-refractivity contribution is 0.111. The minimum atomic E-state index is 0.00147. The van der Waals surface area contributed by atoms with Crippen molar-refractivity contribution in [2.45, 2.75) is 52.5 Å². The van der Waals surface area contributed by atoms with Crippen molar-refractivity contribution in [3.05, 3.63) is 0 Å². The highest BCUT2D eigenvalue weighted by atomic mass is 15.1. The van der Waals surface area contributed by atoms with Crippen LogP contribution < -0.4 is 5.73 Å². The van der Waals surface area contributed by atoms with E-state index in [4.69, 9.17) is 5.73 Å². The Hall–Kier alpha value is -0.0800. The predicted octanol–water partition coefficient (Wildman–Crippen LogP) is 2.24. The summed E-state index contributed by atoms with van der Waals surface area (Å²) in [6.45, 7) is 12.6. The van der Waals surface area contributed by atoms with Crippen LogP contribution in [0.1, 0.15) is 47.0 Å². The summed E-state index contributed by atoms with van der Waals surface area (Å²) in [6, 6.07) is 0. The van der Waals surface area contributed by atoms with Crippen molar-refractivity contribution in [1.29, 1.82) is 0 Å². The van der Waals surface area contributed by atoms with Crippen LogP contribution in [-0.2, 0) is 0 Å². The van der Waals surface area contributed by atoms with E-state index < -0.39 is 0 Å². The highest BCUT2D eigenvalue weighted by Gasteiger charge is 2.28. The molecule has 0 radical (unpaired) electrons. The maximum atomic E-state index is 6.17. The average molecular weight is 198 g/mol. The molecule has 1 aliphatic rings. The average Bonchev–Trinajstić information content (AvgIpc) is 2.09. The molecule has 1 rings (SSSR count). The summed E-state index contributed by atoms with van der Waals surface area (Å²) < 4.78 is 0. The van der Waals surface area contributed by atoms with E-state index in [0.717, 1.165) is 13.0 Å². The number of nitrogens with zero attached hydrogens (tertiary/aromatic N) is 1. The SMILES string of the molecule is CCC(C)(N)CN1CCC(C)(C)CC1. The monoisotopic (exact) mass is 198 g/mol. The normalized spacial score (nSPS) is 27.2. The Labute approximate surface area is 88.8 Å². The quantitative estimate of drug-likeness (QED) is 0.753. The van der Waals surface area contributed by atoms with Crippen molar-refractivity contribution >= 4 is 0 Å². The molecule has 1 fully saturated rings. The molecule has 0 aromatic carbocycles. The minimum Gasteiger partial charge on any atom is -0.324 e. The Kier molecular flexibility index (Phi) is 3.59. The molecule has 0 spiro atoms. The van der Waals surface area contributed by atoms with Gasteiger partial charge in [0.2, 0.25) is 0 Å². The molecule has 0 aromatic rings. The van der Waals surface area contributed by atoms with Crippen LogP contribution in [0.5, 0.6) is 0 Å². The highest BCUT2D eigenvalue weighted by Crippen LogP contribution is 2.30. The van der Waals surface area contributed by atoms with Gasteiger partial charge in [0.15, 0.2) is 0 Å². The Bertz CT molecular complexity index is 175. The van der Waals surface area contributed by atoms with Crippen molar-refractivity contribution < 1.29 is 0 Å². The van der Waals surface area contributed by atoms with Crippen LogP contribution in [-0.4, -0.2) is 30.1 Å². The largest absolute Gasteiger partial charge is 0.324 e. The Morgan fingerprint density at radius 3 is 2.21 bits per heavy atom. The number of hydrogen-bond donors (Lipinski definition) is 1. The first-order chi connectivity index (χ1) is 6.35. The minimum absolute atomic E-state index is 0.00147. The molecular weight excluding hydrogens is 172 g/mol. The standard InChI is InChI=1S/C12H26N2/c1-5-12(4,13)10-14-8-6-11(2,3)7-9-14/h5-10,13H2,1-4H3. The number of likely N-dealkylation sites (tertiary alicyclic amines) is 1. The predicted molar refractivity (Wildman–Crippen MR) is 62.3 cm³/mol. The summed E-state index contributed by atoms with van der Waals surface area (Å²) in [6.07, 6.45) is 3.69. The third-order valence-corrected chi connectivity index (χ3v) is 3.60. The zero-order valence-electron chi connectivity index (χ0n) is 10.3. The first-order valence-corrected chi connectivity index (χ1v) is 5.86. The summed E-state index contributed by atoms with van der Waals surface area (Å²) in [4.78, 5) is 2.52. The fraction of sp³-hybridized carbons (Fsp3) is 1.00. The Morgan fingerprint density at radius 1 is 1.29 bits per heavy atom. The molecule has 1 heterocycles. The van der Waals surface area contributed by atoms with Crippen molar-refractivity contribution in [3.63, 3.8) is 0 Å². The van der Waals surface area contributed by atoms with Crippen LogP contribution in [0.2, 0.25) is 0 Å². The molecule has 1 saturated heterocycles. The lowest BCUT2D eigenvalue weighted by Crippen LogP contribution is -2.50. The van der Waals surface area contributed by atoms with E-state index in [2.05, 4.69) is 32.6 Å². The topological polar surface area (TPSA) is 29.3 Å². The zero-order valence-corrected chi connectivity index (χ0v) is 10.3. The van der Waals surface area contributed by atoms with Gasteiger partial charge in [0, 0.05) is 12.1 Å². The van der Waals surface area contributed by atoms with Gasteiger partial charge in [-0.25, -0.2) is 0 Å². The molecule has 1 aliphatic heterocycles. The van der Waals surface area contributed by atoms with E-state index in [0.29, 0.717) is 5.41 Å². The van der Waals surface area contributed by atoms with Crippen molar-refractivity contribution in [2.75, 3.05) is 19.6 Å². The van der Waals surface area contributed by atoms with E-state index >= 15 is 0 Å². The van der Waals surface area contributed by atoms with Gasteiger partial charge in [-0.15, -0.1) is 0 Å². The van der Waals surface area contributed by atoms with Crippen LogP contribution in [0, 0.1) is 5.41 Å². The van der Waals surface area contributed by atoms with Crippen molar-refractivity contribution in [3.8, 4) is 0 Å². The first kappa shape index (κ1) is 12.0. The van der Waals surface area contributed by atoms with E-state index in [-0.39, 0.29) is 5.54 Å². The summed E-state index contributed by atoms with van der Waals surface area (Å²) in [7, 11) is 0. The molecule has 2 heteroatoms. The van der Waals surface area contributed by atoms with Crippen LogP contribution >= 0.6 is 0 Å². The van der Waals surface area contributed by atoms with Gasteiger partial charge in [0.25, 0.3) is 0 Å². The smallest absolute Gasteiger partial charge is 0.0252 e. The van der Waals surface area contributed by atoms with Gasteiger partial charge in [-0.05, 0) is 44.7 Å². The molecule has 0 bridgehead atoms. The number of piperidine rings is 1. The van der Waals surface area contributed by atoms with E-state index in [1.54, 1.807) is 0 Å².